The number of rotatable bonds is 8. The lowest BCUT2D eigenvalue weighted by Crippen LogP contribution is -2.14. The summed E-state index contributed by atoms with van der Waals surface area (Å²) in [5.41, 5.74) is 8.40. The second kappa shape index (κ2) is 11.9. The number of nitrogens with one attached hydrogen (secondary N) is 1. The molecule has 5 nitrogen and oxygen atoms in total. The largest absolute Gasteiger partial charge is 0.493 e. The van der Waals surface area contributed by atoms with Gasteiger partial charge in [-0.1, -0.05) is 35.9 Å². The maximum atomic E-state index is 13.4. The fourth-order valence-electron chi connectivity index (χ4n) is 5.20. The van der Waals surface area contributed by atoms with Gasteiger partial charge in [-0.15, -0.1) is 11.3 Å². The van der Waals surface area contributed by atoms with Crippen molar-refractivity contribution in [2.45, 2.75) is 53.1 Å². The van der Waals surface area contributed by atoms with E-state index in [1.165, 1.54) is 27.1 Å². The number of methoxy groups -OCH3 is 1. The predicted octanol–water partition coefficient (Wildman–Crippen LogP) is 8.14. The third-order valence-electron chi connectivity index (χ3n) is 7.14. The number of carbonyl (C=O) groups excluding carboxylic acids is 1. The van der Waals surface area contributed by atoms with Gasteiger partial charge in [-0.2, -0.15) is 0 Å². The van der Waals surface area contributed by atoms with E-state index in [4.69, 9.17) is 14.5 Å². The number of aliphatic imine (C=N–C) groups is 1. The van der Waals surface area contributed by atoms with E-state index in [1.807, 2.05) is 48.5 Å². The molecule has 0 unspecified atom stereocenters. The summed E-state index contributed by atoms with van der Waals surface area (Å²) in [4.78, 5) is 19.4. The van der Waals surface area contributed by atoms with Crippen LogP contribution >= 0.6 is 11.3 Å². The molecule has 0 bridgehead atoms. The molecular weight excluding hydrogens is 504 g/mol. The molecule has 1 aliphatic rings. The van der Waals surface area contributed by atoms with Crippen LogP contribution in [-0.2, 0) is 19.4 Å². The maximum Gasteiger partial charge on any atom is 0.259 e. The van der Waals surface area contributed by atoms with Crippen LogP contribution in [0, 0.1) is 20.8 Å². The molecule has 0 saturated carbocycles. The molecule has 0 fully saturated rings. The maximum absolute atomic E-state index is 13.4. The van der Waals surface area contributed by atoms with Gasteiger partial charge in [0.15, 0.2) is 11.5 Å². The van der Waals surface area contributed by atoms with Crippen LogP contribution in [0.3, 0.4) is 0 Å². The molecule has 39 heavy (non-hydrogen) atoms. The fourth-order valence-corrected chi connectivity index (χ4v) is 6.43. The number of thiophene rings is 1. The highest BCUT2D eigenvalue weighted by Crippen LogP contribution is 2.40. The average Bonchev–Trinajstić information content (AvgIpc) is 3.31. The van der Waals surface area contributed by atoms with Gasteiger partial charge in [0.05, 0.1) is 12.7 Å². The van der Waals surface area contributed by atoms with Crippen molar-refractivity contribution in [3.8, 4) is 11.5 Å². The second-order valence-corrected chi connectivity index (χ2v) is 11.1. The molecule has 3 aromatic carbocycles. The third-order valence-corrected chi connectivity index (χ3v) is 8.34. The first kappa shape index (κ1) is 26.7. The minimum atomic E-state index is -0.101. The Morgan fingerprint density at radius 2 is 1.72 bits per heavy atom. The summed E-state index contributed by atoms with van der Waals surface area (Å²) in [5.74, 6) is 1.23. The summed E-state index contributed by atoms with van der Waals surface area (Å²) in [6.45, 7) is 6.82. The van der Waals surface area contributed by atoms with Crippen molar-refractivity contribution in [2.75, 3.05) is 12.4 Å². The Balaban J connectivity index is 1.38. The molecule has 0 atom stereocenters. The lowest BCUT2D eigenvalue weighted by Gasteiger charge is -2.15. The zero-order valence-corrected chi connectivity index (χ0v) is 23.8. The molecule has 0 saturated heterocycles. The smallest absolute Gasteiger partial charge is 0.259 e. The molecular formula is C33H34N2O3S. The Morgan fingerprint density at radius 1 is 0.974 bits per heavy atom. The van der Waals surface area contributed by atoms with Crippen molar-refractivity contribution in [1.29, 1.82) is 0 Å². The van der Waals surface area contributed by atoms with Gasteiger partial charge in [0.1, 0.15) is 11.6 Å². The summed E-state index contributed by atoms with van der Waals surface area (Å²) in [5, 5.41) is 3.80. The van der Waals surface area contributed by atoms with Gasteiger partial charge in [0, 0.05) is 16.8 Å². The molecule has 0 aliphatic heterocycles. The summed E-state index contributed by atoms with van der Waals surface area (Å²) in [6.07, 6.45) is 5.96. The van der Waals surface area contributed by atoms with Crippen LogP contribution in [-0.4, -0.2) is 19.2 Å². The predicted molar refractivity (Wildman–Crippen MR) is 161 cm³/mol. The van der Waals surface area contributed by atoms with Gasteiger partial charge in [-0.05, 0) is 105 Å². The van der Waals surface area contributed by atoms with Crippen molar-refractivity contribution in [1.82, 2.24) is 0 Å². The Kier molecular flexibility index (Phi) is 8.13. The molecule has 1 heterocycles. The monoisotopic (exact) mass is 538 g/mol. The number of anilines is 1. The molecule has 1 aliphatic carbocycles. The Morgan fingerprint density at radius 3 is 2.46 bits per heavy atom. The Hall–Kier alpha value is -3.90. The number of fused-ring (bicyclic) bond motifs is 1. The summed E-state index contributed by atoms with van der Waals surface area (Å²) >= 11 is 1.63. The van der Waals surface area contributed by atoms with E-state index in [1.54, 1.807) is 24.7 Å². The highest BCUT2D eigenvalue weighted by Gasteiger charge is 2.25. The number of benzene rings is 3. The average molecular weight is 539 g/mol. The van der Waals surface area contributed by atoms with Crippen LogP contribution in [0.25, 0.3) is 0 Å². The van der Waals surface area contributed by atoms with Crippen LogP contribution < -0.4 is 14.8 Å². The molecule has 1 N–H and O–H groups in total. The molecule has 6 heteroatoms. The number of para-hydroxylation sites is 1. The first-order valence-electron chi connectivity index (χ1n) is 13.4. The van der Waals surface area contributed by atoms with Crippen LogP contribution in [0.4, 0.5) is 10.7 Å². The van der Waals surface area contributed by atoms with E-state index in [0.29, 0.717) is 23.7 Å². The highest BCUT2D eigenvalue weighted by atomic mass is 32.1. The van der Waals surface area contributed by atoms with Crippen LogP contribution in [0.5, 0.6) is 11.5 Å². The number of hydrogen-bond donors (Lipinski definition) is 1. The SMILES string of the molecule is COc1cc(C=Nc2sc3c(c2C(=O)Nc2ccccc2)CCCC3)ccc1OCc1c(C)cc(C)cc1C. The molecule has 4 aromatic rings. The number of ether oxygens (including phenoxy) is 2. The van der Waals surface area contributed by atoms with E-state index >= 15 is 0 Å². The van der Waals surface area contributed by atoms with Gasteiger partial charge >= 0.3 is 0 Å². The standard InChI is InChI=1S/C33H34N2O3S/c1-21-16-22(2)27(23(3)17-21)20-38-28-15-14-24(18-29(28)37-4)19-34-33-31(26-12-8-9-13-30(26)39-33)32(36)35-25-10-6-5-7-11-25/h5-7,10-11,14-19H,8-9,12-13,20H2,1-4H3,(H,35,36). The first-order valence-corrected chi connectivity index (χ1v) is 14.2. The highest BCUT2D eigenvalue weighted by molar-refractivity contribution is 7.16. The van der Waals surface area contributed by atoms with Crippen LogP contribution in [0.1, 0.15) is 61.5 Å². The summed E-state index contributed by atoms with van der Waals surface area (Å²) < 4.78 is 11.8. The zero-order valence-electron chi connectivity index (χ0n) is 23.0. The number of hydrogen-bond acceptors (Lipinski definition) is 5. The van der Waals surface area contributed by atoms with Crippen LogP contribution in [0.2, 0.25) is 0 Å². The summed E-state index contributed by atoms with van der Waals surface area (Å²) in [7, 11) is 1.64. The van der Waals surface area contributed by atoms with Gasteiger partial charge in [-0.25, -0.2) is 4.99 Å². The molecule has 0 spiro atoms. The first-order chi connectivity index (χ1) is 18.9. The molecule has 0 radical (unpaired) electrons. The zero-order chi connectivity index (χ0) is 27.4. The number of amides is 1. The lowest BCUT2D eigenvalue weighted by molar-refractivity contribution is 0.102. The normalized spacial score (nSPS) is 12.8. The minimum absolute atomic E-state index is 0.101. The van der Waals surface area contributed by atoms with Gasteiger partial charge in [0.2, 0.25) is 0 Å². The summed E-state index contributed by atoms with van der Waals surface area (Å²) in [6, 6.07) is 19.7. The Labute approximate surface area is 234 Å². The van der Waals surface area contributed by atoms with E-state index in [-0.39, 0.29) is 5.91 Å². The van der Waals surface area contributed by atoms with Gasteiger partial charge in [-0.3, -0.25) is 4.79 Å². The quantitative estimate of drug-likeness (QED) is 0.230. The van der Waals surface area contributed by atoms with Crippen molar-refractivity contribution >= 4 is 34.1 Å². The van der Waals surface area contributed by atoms with E-state index in [2.05, 4.69) is 38.2 Å². The number of aryl methyl sites for hydroxylation is 4. The Bertz CT molecular complexity index is 1500. The third kappa shape index (κ3) is 6.07. The van der Waals surface area contributed by atoms with E-state index < -0.39 is 0 Å². The lowest BCUT2D eigenvalue weighted by atomic mass is 9.95. The molecule has 1 aromatic heterocycles. The topological polar surface area (TPSA) is 59.9 Å². The minimum Gasteiger partial charge on any atom is -0.493 e. The molecule has 5 rings (SSSR count). The van der Waals surface area contributed by atoms with Crippen molar-refractivity contribution < 1.29 is 14.3 Å². The van der Waals surface area contributed by atoms with E-state index in [0.717, 1.165) is 47.5 Å². The van der Waals surface area contributed by atoms with Crippen molar-refractivity contribution in [3.63, 3.8) is 0 Å². The fraction of sp³-hybridized carbons (Fsp3) is 0.273. The number of nitrogens with zero attached hydrogens (tertiary/aromatic N) is 1. The van der Waals surface area contributed by atoms with E-state index in [9.17, 15) is 4.79 Å². The second-order valence-electron chi connectivity index (χ2n) is 10.0. The van der Waals surface area contributed by atoms with Gasteiger partial charge in [0.25, 0.3) is 5.91 Å². The van der Waals surface area contributed by atoms with Crippen molar-refractivity contribution in [2.24, 2.45) is 4.99 Å². The number of carbonyl (C=O) groups is 1. The van der Waals surface area contributed by atoms with Crippen molar-refractivity contribution in [3.05, 3.63) is 104 Å². The van der Waals surface area contributed by atoms with Gasteiger partial charge < -0.3 is 14.8 Å². The molecule has 200 valence electrons. The molecule has 1 amide bonds. The van der Waals surface area contributed by atoms with Crippen LogP contribution in [0.15, 0.2) is 65.7 Å².